The molecule has 0 fully saturated rings. The van der Waals surface area contributed by atoms with Crippen LogP contribution in [0.4, 0.5) is 18.9 Å². The first-order valence-corrected chi connectivity index (χ1v) is 6.01. The van der Waals surface area contributed by atoms with E-state index in [4.69, 9.17) is 12.2 Å². The van der Waals surface area contributed by atoms with Crippen LogP contribution in [0, 0.1) is 0 Å². The highest BCUT2D eigenvalue weighted by Crippen LogP contribution is 2.34. The minimum Gasteiger partial charge on any atom is -0.331 e. The second-order valence-electron chi connectivity index (χ2n) is 3.81. The molecule has 0 amide bonds. The smallest absolute Gasteiger partial charge is 0.331 e. The van der Waals surface area contributed by atoms with Crippen LogP contribution >= 0.6 is 12.2 Å². The van der Waals surface area contributed by atoms with E-state index >= 15 is 0 Å². The van der Waals surface area contributed by atoms with Gasteiger partial charge in [0.25, 0.3) is 0 Å². The molecule has 1 rings (SSSR count). The highest BCUT2D eigenvalue weighted by atomic mass is 32.1. The number of thiocarbonyl (C=S) groups is 1. The lowest BCUT2D eigenvalue weighted by Gasteiger charge is -2.14. The molecule has 0 bridgehead atoms. The number of halogens is 3. The van der Waals surface area contributed by atoms with Crippen molar-refractivity contribution in [3.63, 3.8) is 0 Å². The maximum absolute atomic E-state index is 12.7. The summed E-state index contributed by atoms with van der Waals surface area (Å²) in [5.41, 5.74) is 2.43. The van der Waals surface area contributed by atoms with Crippen LogP contribution < -0.4 is 10.7 Å². The predicted octanol–water partition coefficient (Wildman–Crippen LogP) is 3.78. The molecule has 0 saturated heterocycles. The summed E-state index contributed by atoms with van der Waals surface area (Å²) >= 11 is 4.89. The summed E-state index contributed by atoms with van der Waals surface area (Å²) in [6.07, 6.45) is -3.70. The molecule has 19 heavy (non-hydrogen) atoms. The second kappa shape index (κ2) is 6.51. The van der Waals surface area contributed by atoms with Crippen molar-refractivity contribution in [3.05, 3.63) is 29.8 Å². The van der Waals surface area contributed by atoms with Crippen molar-refractivity contribution < 1.29 is 13.2 Å². The highest BCUT2D eigenvalue weighted by molar-refractivity contribution is 7.80. The van der Waals surface area contributed by atoms with Gasteiger partial charge in [-0.1, -0.05) is 19.1 Å². The molecule has 104 valence electrons. The molecule has 7 heteroatoms. The molecular weight excluding hydrogens is 275 g/mol. The standard InChI is InChI=1S/C12H14F3N3S/c1-3-8(2)17-18-11(19)16-10-7-5-4-6-9(10)12(13,14)15/h4-7H,3H2,1-2H3,(H2,16,18,19)/b17-8-. The largest absolute Gasteiger partial charge is 0.418 e. The Balaban J connectivity index is 2.80. The van der Waals surface area contributed by atoms with Crippen LogP contribution in [0.2, 0.25) is 0 Å². The molecule has 0 radical (unpaired) electrons. The number of rotatable bonds is 3. The third kappa shape index (κ3) is 4.86. The molecule has 0 spiro atoms. The molecule has 0 atom stereocenters. The van der Waals surface area contributed by atoms with Gasteiger partial charge in [0.05, 0.1) is 11.3 Å². The molecule has 1 aromatic carbocycles. The van der Waals surface area contributed by atoms with Gasteiger partial charge in [0.15, 0.2) is 5.11 Å². The highest BCUT2D eigenvalue weighted by Gasteiger charge is 2.33. The number of anilines is 1. The summed E-state index contributed by atoms with van der Waals surface area (Å²) in [4.78, 5) is 0. The fourth-order valence-corrected chi connectivity index (χ4v) is 1.37. The van der Waals surface area contributed by atoms with Crippen LogP contribution in [-0.2, 0) is 6.18 Å². The fraction of sp³-hybridized carbons (Fsp3) is 0.333. The summed E-state index contributed by atoms with van der Waals surface area (Å²) in [6.45, 7) is 3.70. The summed E-state index contributed by atoms with van der Waals surface area (Å²) in [6, 6.07) is 5.13. The van der Waals surface area contributed by atoms with Crippen molar-refractivity contribution in [1.29, 1.82) is 0 Å². The van der Waals surface area contributed by atoms with E-state index in [0.717, 1.165) is 18.2 Å². The van der Waals surface area contributed by atoms with E-state index in [1.807, 2.05) is 6.92 Å². The lowest BCUT2D eigenvalue weighted by atomic mass is 10.2. The molecule has 2 N–H and O–H groups in total. The maximum atomic E-state index is 12.7. The number of nitrogens with one attached hydrogen (secondary N) is 2. The zero-order valence-corrected chi connectivity index (χ0v) is 11.3. The first-order chi connectivity index (χ1) is 8.84. The molecular formula is C12H14F3N3S. The van der Waals surface area contributed by atoms with E-state index in [9.17, 15) is 13.2 Å². The molecule has 0 aromatic heterocycles. The third-order valence-corrected chi connectivity index (χ3v) is 2.53. The SMILES string of the molecule is CC/C(C)=N\NC(=S)Nc1ccccc1C(F)(F)F. The van der Waals surface area contributed by atoms with E-state index < -0.39 is 11.7 Å². The van der Waals surface area contributed by atoms with Crippen molar-refractivity contribution >= 4 is 28.7 Å². The van der Waals surface area contributed by atoms with Crippen LogP contribution in [-0.4, -0.2) is 10.8 Å². The first-order valence-electron chi connectivity index (χ1n) is 5.61. The lowest BCUT2D eigenvalue weighted by Crippen LogP contribution is -2.26. The van der Waals surface area contributed by atoms with Crippen LogP contribution in [0.3, 0.4) is 0 Å². The number of hydrogen-bond acceptors (Lipinski definition) is 2. The molecule has 0 heterocycles. The monoisotopic (exact) mass is 289 g/mol. The zero-order valence-electron chi connectivity index (χ0n) is 10.5. The van der Waals surface area contributed by atoms with Gasteiger partial charge in [-0.2, -0.15) is 18.3 Å². The van der Waals surface area contributed by atoms with E-state index in [1.165, 1.54) is 18.2 Å². The van der Waals surface area contributed by atoms with E-state index in [-0.39, 0.29) is 10.8 Å². The van der Waals surface area contributed by atoms with Crippen molar-refractivity contribution in [2.24, 2.45) is 5.10 Å². The number of hydrazone groups is 1. The first kappa shape index (κ1) is 15.4. The Bertz CT molecular complexity index is 483. The Kier molecular flexibility index (Phi) is 5.29. The number of benzene rings is 1. The number of hydrogen-bond donors (Lipinski definition) is 2. The molecule has 0 unspecified atom stereocenters. The van der Waals surface area contributed by atoms with Gasteiger partial charge in [-0.25, -0.2) is 0 Å². The van der Waals surface area contributed by atoms with E-state index in [2.05, 4.69) is 15.8 Å². The molecule has 0 aliphatic carbocycles. The quantitative estimate of drug-likeness (QED) is 0.505. The van der Waals surface area contributed by atoms with Crippen molar-refractivity contribution in [2.45, 2.75) is 26.4 Å². The lowest BCUT2D eigenvalue weighted by molar-refractivity contribution is -0.136. The molecule has 0 saturated carbocycles. The molecule has 0 aliphatic rings. The van der Waals surface area contributed by atoms with Crippen LogP contribution in [0.15, 0.2) is 29.4 Å². The average molecular weight is 289 g/mol. The van der Waals surface area contributed by atoms with Crippen molar-refractivity contribution in [1.82, 2.24) is 5.43 Å². The van der Waals surface area contributed by atoms with Crippen LogP contribution in [0.25, 0.3) is 0 Å². The summed E-state index contributed by atoms with van der Waals surface area (Å²) < 4.78 is 38.2. The average Bonchev–Trinajstić information content (AvgIpc) is 2.35. The summed E-state index contributed by atoms with van der Waals surface area (Å²) in [7, 11) is 0. The van der Waals surface area contributed by atoms with Crippen molar-refractivity contribution in [2.75, 3.05) is 5.32 Å². The zero-order chi connectivity index (χ0) is 14.5. The topological polar surface area (TPSA) is 36.4 Å². The van der Waals surface area contributed by atoms with Gasteiger partial charge < -0.3 is 5.32 Å². The fourth-order valence-electron chi connectivity index (χ4n) is 1.21. The number of nitrogens with zero attached hydrogens (tertiary/aromatic N) is 1. The summed E-state index contributed by atoms with van der Waals surface area (Å²) in [5, 5.41) is 6.42. The Labute approximate surface area is 114 Å². The third-order valence-electron chi connectivity index (χ3n) is 2.34. The second-order valence-corrected chi connectivity index (χ2v) is 4.22. The molecule has 3 nitrogen and oxygen atoms in total. The van der Waals surface area contributed by atoms with Crippen LogP contribution in [0.1, 0.15) is 25.8 Å². The van der Waals surface area contributed by atoms with Gasteiger partial charge in [0, 0.05) is 5.71 Å². The normalized spacial score (nSPS) is 12.2. The minimum absolute atomic E-state index is 0.0181. The Morgan fingerprint density at radius 3 is 2.53 bits per heavy atom. The number of para-hydroxylation sites is 1. The Morgan fingerprint density at radius 1 is 1.32 bits per heavy atom. The van der Waals surface area contributed by atoms with Gasteiger partial charge in [0.2, 0.25) is 0 Å². The van der Waals surface area contributed by atoms with Crippen LogP contribution in [0.5, 0.6) is 0 Å². The molecule has 0 aliphatic heterocycles. The Hall–Kier alpha value is -1.63. The van der Waals surface area contributed by atoms with Gasteiger partial charge in [-0.15, -0.1) is 0 Å². The van der Waals surface area contributed by atoms with Gasteiger partial charge in [-0.05, 0) is 37.7 Å². The predicted molar refractivity (Wildman–Crippen MR) is 74.2 cm³/mol. The van der Waals surface area contributed by atoms with E-state index in [0.29, 0.717) is 0 Å². The van der Waals surface area contributed by atoms with Gasteiger partial charge >= 0.3 is 6.18 Å². The summed E-state index contributed by atoms with van der Waals surface area (Å²) in [5.74, 6) is 0. The minimum atomic E-state index is -4.43. The van der Waals surface area contributed by atoms with E-state index in [1.54, 1.807) is 6.92 Å². The number of alkyl halides is 3. The van der Waals surface area contributed by atoms with Gasteiger partial charge in [0.1, 0.15) is 0 Å². The Morgan fingerprint density at radius 2 is 1.95 bits per heavy atom. The van der Waals surface area contributed by atoms with Gasteiger partial charge in [-0.3, -0.25) is 5.43 Å². The molecule has 1 aromatic rings. The maximum Gasteiger partial charge on any atom is 0.418 e. The van der Waals surface area contributed by atoms with Crippen molar-refractivity contribution in [3.8, 4) is 0 Å².